The Morgan fingerprint density at radius 2 is 1.96 bits per heavy atom. The van der Waals surface area contributed by atoms with Crippen LogP contribution in [0.1, 0.15) is 11.3 Å². The van der Waals surface area contributed by atoms with Crippen LogP contribution in [-0.2, 0) is 28.0 Å². The molecule has 3 rings (SSSR count). The van der Waals surface area contributed by atoms with Crippen LogP contribution in [0.15, 0.2) is 59.4 Å². The van der Waals surface area contributed by atoms with E-state index in [4.69, 9.17) is 9.47 Å². The first-order chi connectivity index (χ1) is 12.1. The Morgan fingerprint density at radius 3 is 2.60 bits per heavy atom. The van der Waals surface area contributed by atoms with Gasteiger partial charge in [0.2, 0.25) is 12.2 Å². The van der Waals surface area contributed by atoms with E-state index in [1.807, 2.05) is 30.3 Å². The van der Waals surface area contributed by atoms with Gasteiger partial charge in [0.15, 0.2) is 17.1 Å². The number of ether oxygens (including phenoxy) is 2. The molecule has 2 heterocycles. The van der Waals surface area contributed by atoms with Crippen molar-refractivity contribution in [1.82, 2.24) is 4.57 Å². The van der Waals surface area contributed by atoms with Gasteiger partial charge in [0.25, 0.3) is 0 Å². The number of aromatic nitrogens is 1. The summed E-state index contributed by atoms with van der Waals surface area (Å²) in [6.07, 6.45) is 2.73. The molecule has 1 aliphatic rings. The number of aliphatic hydroxyl groups excluding tert-OH is 1. The summed E-state index contributed by atoms with van der Waals surface area (Å²) < 4.78 is 11.9. The van der Waals surface area contributed by atoms with Gasteiger partial charge in [0.1, 0.15) is 12.0 Å². The lowest BCUT2D eigenvalue weighted by atomic mass is 9.88. The maximum Gasteiger partial charge on any atom is 0.230 e. The van der Waals surface area contributed by atoms with Gasteiger partial charge in [-0.1, -0.05) is 30.3 Å². The average molecular weight is 345 g/mol. The highest BCUT2D eigenvalue weighted by atomic mass is 16.7. The summed E-state index contributed by atoms with van der Waals surface area (Å²) in [5.41, 5.74) is -1.74. The van der Waals surface area contributed by atoms with Crippen LogP contribution in [0.2, 0.25) is 0 Å². The van der Waals surface area contributed by atoms with Crippen molar-refractivity contribution in [2.75, 3.05) is 13.4 Å². The maximum absolute atomic E-state index is 12.0. The molecule has 7 heteroatoms. The molecule has 0 saturated carbocycles. The second-order valence-electron chi connectivity index (χ2n) is 5.73. The first kappa shape index (κ1) is 17.1. The van der Waals surface area contributed by atoms with Crippen LogP contribution in [0.3, 0.4) is 0 Å². The lowest BCUT2D eigenvalue weighted by Crippen LogP contribution is -2.36. The third kappa shape index (κ3) is 3.24. The maximum atomic E-state index is 12.0. The molecule has 1 unspecified atom stereocenters. The lowest BCUT2D eigenvalue weighted by Gasteiger charge is -2.31. The smallest absolute Gasteiger partial charge is 0.230 e. The summed E-state index contributed by atoms with van der Waals surface area (Å²) in [5.74, 6) is -0.505. The zero-order chi connectivity index (χ0) is 17.9. The molecule has 1 aromatic carbocycles. The summed E-state index contributed by atoms with van der Waals surface area (Å²) in [4.78, 5) is 12.0. The van der Waals surface area contributed by atoms with Crippen LogP contribution in [0, 0.1) is 0 Å². The molecule has 0 saturated heterocycles. The van der Waals surface area contributed by atoms with Crippen molar-refractivity contribution >= 4 is 0 Å². The van der Waals surface area contributed by atoms with Gasteiger partial charge < -0.3 is 29.4 Å². The van der Waals surface area contributed by atoms with Gasteiger partial charge in [-0.25, -0.2) is 0 Å². The van der Waals surface area contributed by atoms with Crippen molar-refractivity contribution in [3.8, 4) is 5.75 Å². The van der Waals surface area contributed by atoms with Gasteiger partial charge in [-0.05, 0) is 5.56 Å². The van der Waals surface area contributed by atoms with Crippen LogP contribution in [0.5, 0.6) is 5.75 Å². The molecule has 1 atom stereocenters. The van der Waals surface area contributed by atoms with Crippen molar-refractivity contribution in [2.45, 2.75) is 18.6 Å². The molecule has 1 aliphatic heterocycles. The van der Waals surface area contributed by atoms with E-state index in [-0.39, 0.29) is 37.8 Å². The SMILES string of the molecule is O=c1ccn(CCO)c(C(O)(Cc2ccccc2)C2=COCO2)c1O. The monoisotopic (exact) mass is 345 g/mol. The van der Waals surface area contributed by atoms with Crippen molar-refractivity contribution < 1.29 is 24.8 Å². The largest absolute Gasteiger partial charge is 0.503 e. The fourth-order valence-electron chi connectivity index (χ4n) is 2.93. The minimum atomic E-state index is -1.84. The van der Waals surface area contributed by atoms with Crippen LogP contribution < -0.4 is 5.43 Å². The molecular weight excluding hydrogens is 326 g/mol. The number of nitrogens with zero attached hydrogens (tertiary/aromatic N) is 1. The minimum Gasteiger partial charge on any atom is -0.503 e. The van der Waals surface area contributed by atoms with Crippen molar-refractivity contribution in [2.24, 2.45) is 0 Å². The second kappa shape index (κ2) is 7.00. The van der Waals surface area contributed by atoms with Gasteiger partial charge in [0.05, 0.1) is 6.61 Å². The Morgan fingerprint density at radius 1 is 1.20 bits per heavy atom. The quantitative estimate of drug-likeness (QED) is 0.717. The van der Waals surface area contributed by atoms with E-state index in [1.165, 1.54) is 23.1 Å². The molecule has 0 amide bonds. The minimum absolute atomic E-state index is 0.0466. The number of hydrogen-bond acceptors (Lipinski definition) is 6. The van der Waals surface area contributed by atoms with Gasteiger partial charge in [-0.2, -0.15) is 0 Å². The van der Waals surface area contributed by atoms with Crippen molar-refractivity contribution in [1.29, 1.82) is 0 Å². The third-order valence-corrected chi connectivity index (χ3v) is 4.07. The average Bonchev–Trinajstić information content (AvgIpc) is 3.15. The molecule has 3 N–H and O–H groups in total. The van der Waals surface area contributed by atoms with E-state index in [0.717, 1.165) is 5.56 Å². The topological polar surface area (TPSA) is 101 Å². The number of pyridine rings is 1. The molecule has 1 aromatic heterocycles. The van der Waals surface area contributed by atoms with E-state index in [1.54, 1.807) is 0 Å². The standard InChI is InChI=1S/C18H19NO6/c20-9-8-19-7-6-14(21)16(22)17(19)18(23,15-11-24-12-25-15)10-13-4-2-1-3-5-13/h1-7,11,20,22-23H,8-10,12H2. The second-order valence-corrected chi connectivity index (χ2v) is 5.73. The van der Waals surface area contributed by atoms with Gasteiger partial charge in [-0.15, -0.1) is 0 Å². The molecule has 0 fully saturated rings. The van der Waals surface area contributed by atoms with Crippen molar-refractivity contribution in [3.63, 3.8) is 0 Å². The molecule has 25 heavy (non-hydrogen) atoms. The van der Waals surface area contributed by atoms with E-state index in [0.29, 0.717) is 0 Å². The molecule has 0 radical (unpaired) electrons. The Kier molecular flexibility index (Phi) is 4.78. The molecule has 0 spiro atoms. The van der Waals surface area contributed by atoms with Crippen molar-refractivity contribution in [3.05, 3.63) is 76.1 Å². The Labute approximate surface area is 144 Å². The molecule has 0 bridgehead atoms. The molecule has 132 valence electrons. The van der Waals surface area contributed by atoms with Gasteiger partial charge >= 0.3 is 0 Å². The summed E-state index contributed by atoms with van der Waals surface area (Å²) in [6, 6.07) is 10.3. The Balaban J connectivity index is 2.18. The normalized spacial score (nSPS) is 15.8. The van der Waals surface area contributed by atoms with Gasteiger partial charge in [-0.3, -0.25) is 4.79 Å². The predicted molar refractivity (Wildman–Crippen MR) is 88.6 cm³/mol. The Hall–Kier alpha value is -2.77. The molecule has 2 aromatic rings. The van der Waals surface area contributed by atoms with Crippen LogP contribution in [0.4, 0.5) is 0 Å². The van der Waals surface area contributed by atoms with Gasteiger partial charge in [0, 0.05) is 25.2 Å². The van der Waals surface area contributed by atoms with E-state index < -0.39 is 16.8 Å². The number of aromatic hydroxyl groups is 1. The molecule has 7 nitrogen and oxygen atoms in total. The lowest BCUT2D eigenvalue weighted by molar-refractivity contribution is -0.0132. The third-order valence-electron chi connectivity index (χ3n) is 4.07. The zero-order valence-electron chi connectivity index (χ0n) is 13.5. The van der Waals surface area contributed by atoms with E-state index in [2.05, 4.69) is 0 Å². The van der Waals surface area contributed by atoms with E-state index >= 15 is 0 Å². The fourth-order valence-corrected chi connectivity index (χ4v) is 2.93. The molecular formula is C18H19NO6. The van der Waals surface area contributed by atoms with Crippen LogP contribution >= 0.6 is 0 Å². The number of benzene rings is 1. The summed E-state index contributed by atoms with van der Waals surface area (Å²) in [5, 5.41) is 31.1. The number of hydrogen-bond donors (Lipinski definition) is 3. The highest BCUT2D eigenvalue weighted by Crippen LogP contribution is 2.38. The predicted octanol–water partition coefficient (Wildman–Crippen LogP) is 0.822. The number of rotatable bonds is 6. The fraction of sp³-hybridized carbons (Fsp3) is 0.278. The zero-order valence-corrected chi connectivity index (χ0v) is 13.5. The van der Waals surface area contributed by atoms with E-state index in [9.17, 15) is 20.1 Å². The summed E-state index contributed by atoms with van der Waals surface area (Å²) in [6.45, 7) is -0.203. The highest BCUT2D eigenvalue weighted by Gasteiger charge is 2.43. The summed E-state index contributed by atoms with van der Waals surface area (Å²) in [7, 11) is 0. The van der Waals surface area contributed by atoms with Crippen LogP contribution in [-0.4, -0.2) is 33.3 Å². The van der Waals surface area contributed by atoms with Crippen LogP contribution in [0.25, 0.3) is 0 Å². The first-order valence-electron chi connectivity index (χ1n) is 7.81. The Bertz CT molecular complexity index is 829. The first-order valence-corrected chi connectivity index (χ1v) is 7.81. The highest BCUT2D eigenvalue weighted by molar-refractivity contribution is 5.39. The number of aliphatic hydroxyl groups is 2. The summed E-state index contributed by atoms with van der Waals surface area (Å²) >= 11 is 0. The molecule has 0 aliphatic carbocycles.